The second-order valence-corrected chi connectivity index (χ2v) is 5.06. The van der Waals surface area contributed by atoms with Gasteiger partial charge in [-0.3, -0.25) is 4.79 Å². The van der Waals surface area contributed by atoms with Gasteiger partial charge in [-0.2, -0.15) is 0 Å². The van der Waals surface area contributed by atoms with Crippen LogP contribution in [0.2, 0.25) is 0 Å². The number of hydrogen-bond acceptors (Lipinski definition) is 4. The van der Waals surface area contributed by atoms with Crippen molar-refractivity contribution in [1.29, 1.82) is 0 Å². The molecule has 0 atom stereocenters. The molecule has 0 heterocycles. The standard InChI is InChI=1S/C13H20BrN3O2/c1-16-5-2-6-17-8-10-7-11(14)3-4-12(10)19-9-13(15)18/h3-4,7,16-17H,2,5-6,8-9H2,1H3,(H2,15,18). The molecule has 1 rings (SSSR count). The number of ether oxygens (including phenoxy) is 1. The molecule has 1 amide bonds. The first kappa shape index (κ1) is 15.9. The summed E-state index contributed by atoms with van der Waals surface area (Å²) in [5.74, 6) is 0.207. The van der Waals surface area contributed by atoms with Crippen molar-refractivity contribution >= 4 is 21.8 Å². The molecule has 0 bridgehead atoms. The first-order chi connectivity index (χ1) is 9.13. The van der Waals surface area contributed by atoms with E-state index >= 15 is 0 Å². The van der Waals surface area contributed by atoms with Gasteiger partial charge in [-0.05, 0) is 44.8 Å². The molecule has 1 aromatic rings. The minimum atomic E-state index is -0.476. The number of nitrogens with two attached hydrogens (primary N) is 1. The lowest BCUT2D eigenvalue weighted by atomic mass is 10.2. The molecule has 0 saturated carbocycles. The fourth-order valence-corrected chi connectivity index (χ4v) is 2.00. The quantitative estimate of drug-likeness (QED) is 0.591. The van der Waals surface area contributed by atoms with Crippen LogP contribution in [0, 0.1) is 0 Å². The van der Waals surface area contributed by atoms with Crippen molar-refractivity contribution in [3.8, 4) is 5.75 Å². The van der Waals surface area contributed by atoms with Crippen molar-refractivity contribution in [2.75, 3.05) is 26.7 Å². The molecule has 0 spiro atoms. The Morgan fingerprint density at radius 2 is 2.21 bits per heavy atom. The van der Waals surface area contributed by atoms with Gasteiger partial charge in [0.1, 0.15) is 5.75 Å². The van der Waals surface area contributed by atoms with Crippen LogP contribution in [-0.4, -0.2) is 32.7 Å². The number of hydrogen-bond donors (Lipinski definition) is 3. The fourth-order valence-electron chi connectivity index (χ4n) is 1.59. The second kappa shape index (κ2) is 8.90. The highest BCUT2D eigenvalue weighted by Crippen LogP contribution is 2.23. The van der Waals surface area contributed by atoms with Gasteiger partial charge in [-0.15, -0.1) is 0 Å². The Bertz CT molecular complexity index is 413. The molecule has 5 nitrogen and oxygen atoms in total. The van der Waals surface area contributed by atoms with Crippen molar-refractivity contribution in [2.24, 2.45) is 5.73 Å². The molecule has 0 radical (unpaired) electrons. The molecule has 106 valence electrons. The average molecular weight is 330 g/mol. The Morgan fingerprint density at radius 3 is 2.89 bits per heavy atom. The van der Waals surface area contributed by atoms with E-state index in [1.165, 1.54) is 0 Å². The highest BCUT2D eigenvalue weighted by Gasteiger charge is 2.06. The van der Waals surface area contributed by atoms with Gasteiger partial charge in [0.25, 0.3) is 5.91 Å². The van der Waals surface area contributed by atoms with E-state index in [9.17, 15) is 4.79 Å². The van der Waals surface area contributed by atoms with E-state index in [0.29, 0.717) is 12.3 Å². The zero-order chi connectivity index (χ0) is 14.1. The number of amides is 1. The van der Waals surface area contributed by atoms with E-state index in [4.69, 9.17) is 10.5 Å². The molecule has 1 aromatic carbocycles. The van der Waals surface area contributed by atoms with Crippen LogP contribution < -0.4 is 21.1 Å². The Labute approximate surface area is 122 Å². The number of carbonyl (C=O) groups excluding carboxylic acids is 1. The van der Waals surface area contributed by atoms with Crippen LogP contribution in [0.5, 0.6) is 5.75 Å². The van der Waals surface area contributed by atoms with Crippen LogP contribution in [0.1, 0.15) is 12.0 Å². The van der Waals surface area contributed by atoms with Gasteiger partial charge in [0, 0.05) is 16.6 Å². The zero-order valence-corrected chi connectivity index (χ0v) is 12.6. The number of benzene rings is 1. The van der Waals surface area contributed by atoms with Gasteiger partial charge in [0.15, 0.2) is 6.61 Å². The largest absolute Gasteiger partial charge is 0.483 e. The van der Waals surface area contributed by atoms with Gasteiger partial charge in [-0.25, -0.2) is 0 Å². The summed E-state index contributed by atoms with van der Waals surface area (Å²) in [4.78, 5) is 10.7. The predicted molar refractivity (Wildman–Crippen MR) is 79.1 cm³/mol. The van der Waals surface area contributed by atoms with E-state index in [2.05, 4.69) is 26.6 Å². The summed E-state index contributed by atoms with van der Waals surface area (Å²) in [6, 6.07) is 5.68. The maximum absolute atomic E-state index is 10.7. The normalized spacial score (nSPS) is 10.4. The minimum Gasteiger partial charge on any atom is -0.483 e. The van der Waals surface area contributed by atoms with Gasteiger partial charge in [0.2, 0.25) is 0 Å². The lowest BCUT2D eigenvalue weighted by Crippen LogP contribution is -2.22. The highest BCUT2D eigenvalue weighted by molar-refractivity contribution is 9.10. The minimum absolute atomic E-state index is 0.103. The molecular formula is C13H20BrN3O2. The summed E-state index contributed by atoms with van der Waals surface area (Å²) in [6.07, 6.45) is 1.06. The lowest BCUT2D eigenvalue weighted by molar-refractivity contribution is -0.119. The number of nitrogens with one attached hydrogen (secondary N) is 2. The van der Waals surface area contributed by atoms with Gasteiger partial charge in [-0.1, -0.05) is 15.9 Å². The van der Waals surface area contributed by atoms with Crippen molar-refractivity contribution in [2.45, 2.75) is 13.0 Å². The number of carbonyl (C=O) groups is 1. The molecule has 0 aliphatic rings. The van der Waals surface area contributed by atoms with E-state index in [-0.39, 0.29) is 6.61 Å². The molecule has 19 heavy (non-hydrogen) atoms. The Hall–Kier alpha value is -1.11. The molecule has 0 aliphatic heterocycles. The zero-order valence-electron chi connectivity index (χ0n) is 11.0. The maximum Gasteiger partial charge on any atom is 0.255 e. The summed E-state index contributed by atoms with van der Waals surface area (Å²) >= 11 is 3.43. The van der Waals surface area contributed by atoms with Crippen LogP contribution in [-0.2, 0) is 11.3 Å². The van der Waals surface area contributed by atoms with Crippen LogP contribution >= 0.6 is 15.9 Å². The van der Waals surface area contributed by atoms with Crippen LogP contribution in [0.4, 0.5) is 0 Å². The Kier molecular flexibility index (Phi) is 7.47. The van der Waals surface area contributed by atoms with Gasteiger partial charge in [0.05, 0.1) is 0 Å². The van der Waals surface area contributed by atoms with Crippen molar-refractivity contribution < 1.29 is 9.53 Å². The van der Waals surface area contributed by atoms with Crippen LogP contribution in [0.3, 0.4) is 0 Å². The highest BCUT2D eigenvalue weighted by atomic mass is 79.9. The molecule has 0 aliphatic carbocycles. The third-order valence-electron chi connectivity index (χ3n) is 2.49. The first-order valence-electron chi connectivity index (χ1n) is 6.18. The van der Waals surface area contributed by atoms with Crippen LogP contribution in [0.15, 0.2) is 22.7 Å². The first-order valence-corrected chi connectivity index (χ1v) is 6.97. The summed E-state index contributed by atoms with van der Waals surface area (Å²) < 4.78 is 6.36. The van der Waals surface area contributed by atoms with E-state index in [1.807, 2.05) is 25.2 Å². The molecule has 0 saturated heterocycles. The predicted octanol–water partition coefficient (Wildman–Crippen LogP) is 1.01. The van der Waals surface area contributed by atoms with E-state index in [1.54, 1.807) is 0 Å². The lowest BCUT2D eigenvalue weighted by Gasteiger charge is -2.12. The molecule has 6 heteroatoms. The maximum atomic E-state index is 10.7. The molecule has 4 N–H and O–H groups in total. The fraction of sp³-hybridized carbons (Fsp3) is 0.462. The average Bonchev–Trinajstić information content (AvgIpc) is 2.37. The smallest absolute Gasteiger partial charge is 0.255 e. The topological polar surface area (TPSA) is 76.4 Å². The summed E-state index contributed by atoms with van der Waals surface area (Å²) in [5, 5.41) is 6.43. The monoisotopic (exact) mass is 329 g/mol. The molecule has 0 aromatic heterocycles. The van der Waals surface area contributed by atoms with Gasteiger partial charge >= 0.3 is 0 Å². The van der Waals surface area contributed by atoms with Crippen molar-refractivity contribution in [3.05, 3.63) is 28.2 Å². The van der Waals surface area contributed by atoms with Gasteiger partial charge < -0.3 is 21.1 Å². The SMILES string of the molecule is CNCCCNCc1cc(Br)ccc1OCC(N)=O. The van der Waals surface area contributed by atoms with Crippen molar-refractivity contribution in [3.63, 3.8) is 0 Å². The molecular weight excluding hydrogens is 310 g/mol. The third-order valence-corrected chi connectivity index (χ3v) is 2.98. The molecule has 0 fully saturated rings. The van der Waals surface area contributed by atoms with Crippen molar-refractivity contribution in [1.82, 2.24) is 10.6 Å². The van der Waals surface area contributed by atoms with E-state index in [0.717, 1.165) is 29.5 Å². The third kappa shape index (κ3) is 6.56. The summed E-state index contributed by atoms with van der Waals surface area (Å²) in [7, 11) is 1.93. The van der Waals surface area contributed by atoms with E-state index < -0.39 is 5.91 Å². The Balaban J connectivity index is 2.53. The number of rotatable bonds is 9. The summed E-state index contributed by atoms with van der Waals surface area (Å²) in [6.45, 7) is 2.49. The Morgan fingerprint density at radius 1 is 1.42 bits per heavy atom. The summed E-state index contributed by atoms with van der Waals surface area (Å²) in [5.41, 5.74) is 6.08. The number of halogens is 1. The molecule has 0 unspecified atom stereocenters. The second-order valence-electron chi connectivity index (χ2n) is 4.14. The van der Waals surface area contributed by atoms with Crippen LogP contribution in [0.25, 0.3) is 0 Å². The number of primary amides is 1.